The number of pyridine rings is 1. The molecule has 0 atom stereocenters. The monoisotopic (exact) mass is 250 g/mol. The van der Waals surface area contributed by atoms with E-state index in [0.29, 0.717) is 4.99 Å². The zero-order chi connectivity index (χ0) is 12.1. The molecule has 0 spiro atoms. The molecule has 1 fully saturated rings. The van der Waals surface area contributed by atoms with Gasteiger partial charge in [-0.3, -0.25) is 0 Å². The summed E-state index contributed by atoms with van der Waals surface area (Å²) in [5, 5.41) is 3.30. The van der Waals surface area contributed by atoms with Crippen LogP contribution < -0.4 is 11.1 Å². The van der Waals surface area contributed by atoms with Gasteiger partial charge in [0, 0.05) is 24.8 Å². The fourth-order valence-corrected chi connectivity index (χ4v) is 2.11. The van der Waals surface area contributed by atoms with Gasteiger partial charge in [0.2, 0.25) is 0 Å². The van der Waals surface area contributed by atoms with E-state index >= 15 is 0 Å². The lowest BCUT2D eigenvalue weighted by Gasteiger charge is -2.14. The summed E-state index contributed by atoms with van der Waals surface area (Å²) in [5.74, 6) is 0.879. The molecule has 0 bridgehead atoms. The molecule has 92 valence electrons. The van der Waals surface area contributed by atoms with Crippen LogP contribution in [0.15, 0.2) is 18.3 Å². The van der Waals surface area contributed by atoms with Crippen molar-refractivity contribution in [1.29, 1.82) is 0 Å². The van der Waals surface area contributed by atoms with E-state index in [0.717, 1.165) is 24.5 Å². The first kappa shape index (κ1) is 12.3. The first-order valence-electron chi connectivity index (χ1n) is 5.98. The summed E-state index contributed by atoms with van der Waals surface area (Å²) in [6, 6.07) is 3.81. The highest BCUT2D eigenvalue weighted by Crippen LogP contribution is 2.07. The lowest BCUT2D eigenvalue weighted by molar-refractivity contribution is 0.352. The Bertz CT molecular complexity index is 371. The number of nitrogens with zero attached hydrogens (tertiary/aromatic N) is 2. The Kier molecular flexibility index (Phi) is 4.28. The normalized spacial score (nSPS) is 16.0. The van der Waals surface area contributed by atoms with Crippen LogP contribution in [0, 0.1) is 0 Å². The maximum absolute atomic E-state index is 5.51. The molecule has 1 aliphatic rings. The van der Waals surface area contributed by atoms with Gasteiger partial charge in [0.25, 0.3) is 0 Å². The van der Waals surface area contributed by atoms with Gasteiger partial charge in [-0.05, 0) is 38.1 Å². The van der Waals surface area contributed by atoms with E-state index in [1.807, 2.05) is 12.1 Å². The van der Waals surface area contributed by atoms with Gasteiger partial charge in [-0.2, -0.15) is 0 Å². The summed E-state index contributed by atoms with van der Waals surface area (Å²) in [6.45, 7) is 4.48. The van der Waals surface area contributed by atoms with Crippen molar-refractivity contribution < 1.29 is 0 Å². The molecule has 0 saturated carbocycles. The van der Waals surface area contributed by atoms with Crippen molar-refractivity contribution >= 4 is 23.0 Å². The van der Waals surface area contributed by atoms with E-state index in [1.165, 1.54) is 25.9 Å². The molecule has 0 aromatic carbocycles. The topological polar surface area (TPSA) is 54.2 Å². The first-order chi connectivity index (χ1) is 8.25. The van der Waals surface area contributed by atoms with Crippen LogP contribution in [0.4, 0.5) is 5.82 Å². The zero-order valence-corrected chi connectivity index (χ0v) is 10.7. The van der Waals surface area contributed by atoms with E-state index in [2.05, 4.69) is 15.2 Å². The first-order valence-corrected chi connectivity index (χ1v) is 6.38. The Morgan fingerprint density at radius 2 is 2.18 bits per heavy atom. The van der Waals surface area contributed by atoms with Crippen LogP contribution in [0.1, 0.15) is 18.4 Å². The molecule has 17 heavy (non-hydrogen) atoms. The predicted octanol–water partition coefficient (Wildman–Crippen LogP) is 1.22. The van der Waals surface area contributed by atoms with E-state index in [4.69, 9.17) is 18.0 Å². The number of likely N-dealkylation sites (tertiary alicyclic amines) is 1. The standard InChI is InChI=1S/C12H18N4S/c13-12(17)10-3-4-11(15-9-10)14-5-8-16-6-1-2-7-16/h3-4,9H,1-2,5-8H2,(H2,13,17)(H,14,15). The third-order valence-corrected chi connectivity index (χ3v) is 3.22. The number of anilines is 1. The van der Waals surface area contributed by atoms with Crippen molar-refractivity contribution in [1.82, 2.24) is 9.88 Å². The van der Waals surface area contributed by atoms with E-state index in [9.17, 15) is 0 Å². The zero-order valence-electron chi connectivity index (χ0n) is 9.85. The lowest BCUT2D eigenvalue weighted by Crippen LogP contribution is -2.26. The average molecular weight is 250 g/mol. The van der Waals surface area contributed by atoms with Crippen molar-refractivity contribution in [3.63, 3.8) is 0 Å². The summed E-state index contributed by atoms with van der Waals surface area (Å²) in [7, 11) is 0. The number of nitrogens with one attached hydrogen (secondary N) is 1. The van der Waals surface area contributed by atoms with Crippen molar-refractivity contribution in [2.24, 2.45) is 5.73 Å². The maximum atomic E-state index is 5.51. The fourth-order valence-electron chi connectivity index (χ4n) is 1.99. The number of rotatable bonds is 5. The van der Waals surface area contributed by atoms with Gasteiger partial charge < -0.3 is 16.0 Å². The molecule has 0 unspecified atom stereocenters. The molecule has 0 aliphatic carbocycles. The molecule has 5 heteroatoms. The number of hydrogen-bond acceptors (Lipinski definition) is 4. The van der Waals surface area contributed by atoms with Crippen LogP contribution in [0.2, 0.25) is 0 Å². The fraction of sp³-hybridized carbons (Fsp3) is 0.500. The molecule has 0 radical (unpaired) electrons. The molecular weight excluding hydrogens is 232 g/mol. The molecule has 3 N–H and O–H groups in total. The van der Waals surface area contributed by atoms with E-state index in [1.54, 1.807) is 6.20 Å². The Hall–Kier alpha value is -1.20. The third kappa shape index (κ3) is 3.64. The summed E-state index contributed by atoms with van der Waals surface area (Å²) in [5.41, 5.74) is 6.32. The molecule has 2 heterocycles. The molecule has 1 aliphatic heterocycles. The van der Waals surface area contributed by atoms with Gasteiger partial charge in [0.1, 0.15) is 10.8 Å². The van der Waals surface area contributed by atoms with Crippen molar-refractivity contribution in [3.05, 3.63) is 23.9 Å². The van der Waals surface area contributed by atoms with Crippen LogP contribution in [0.25, 0.3) is 0 Å². The van der Waals surface area contributed by atoms with Gasteiger partial charge >= 0.3 is 0 Å². The molecule has 2 rings (SSSR count). The number of aromatic nitrogens is 1. The van der Waals surface area contributed by atoms with Crippen LogP contribution in [-0.4, -0.2) is 41.1 Å². The van der Waals surface area contributed by atoms with Crippen LogP contribution >= 0.6 is 12.2 Å². The van der Waals surface area contributed by atoms with Gasteiger partial charge in [-0.1, -0.05) is 12.2 Å². The molecule has 0 amide bonds. The summed E-state index contributed by atoms with van der Waals surface area (Å²) in [4.78, 5) is 7.13. The minimum atomic E-state index is 0.390. The minimum Gasteiger partial charge on any atom is -0.389 e. The Balaban J connectivity index is 1.76. The van der Waals surface area contributed by atoms with Crippen molar-refractivity contribution in [2.45, 2.75) is 12.8 Å². The maximum Gasteiger partial charge on any atom is 0.125 e. The molecule has 4 nitrogen and oxygen atoms in total. The summed E-state index contributed by atoms with van der Waals surface area (Å²) >= 11 is 4.88. The predicted molar refractivity (Wildman–Crippen MR) is 74.3 cm³/mol. The number of thiocarbonyl (C=S) groups is 1. The van der Waals surface area contributed by atoms with Crippen molar-refractivity contribution in [2.75, 3.05) is 31.5 Å². The van der Waals surface area contributed by atoms with Gasteiger partial charge in [0.15, 0.2) is 0 Å². The SMILES string of the molecule is NC(=S)c1ccc(NCCN2CCCC2)nc1. The van der Waals surface area contributed by atoms with Crippen LogP contribution in [-0.2, 0) is 0 Å². The van der Waals surface area contributed by atoms with Gasteiger partial charge in [-0.25, -0.2) is 4.98 Å². The molecule has 1 aromatic rings. The smallest absolute Gasteiger partial charge is 0.125 e. The third-order valence-electron chi connectivity index (χ3n) is 2.98. The Labute approximate surface area is 107 Å². The minimum absolute atomic E-state index is 0.390. The van der Waals surface area contributed by atoms with Crippen molar-refractivity contribution in [3.8, 4) is 0 Å². The highest BCUT2D eigenvalue weighted by Gasteiger charge is 2.10. The van der Waals surface area contributed by atoms with E-state index in [-0.39, 0.29) is 0 Å². The molecule has 1 aromatic heterocycles. The van der Waals surface area contributed by atoms with Gasteiger partial charge in [0.05, 0.1) is 0 Å². The highest BCUT2D eigenvalue weighted by molar-refractivity contribution is 7.80. The summed E-state index contributed by atoms with van der Waals surface area (Å²) in [6.07, 6.45) is 4.38. The second-order valence-electron chi connectivity index (χ2n) is 4.27. The quantitative estimate of drug-likeness (QED) is 0.770. The van der Waals surface area contributed by atoms with E-state index < -0.39 is 0 Å². The average Bonchev–Trinajstić information content (AvgIpc) is 2.83. The Morgan fingerprint density at radius 3 is 2.76 bits per heavy atom. The second-order valence-corrected chi connectivity index (χ2v) is 4.71. The lowest BCUT2D eigenvalue weighted by atomic mass is 10.3. The largest absolute Gasteiger partial charge is 0.389 e. The van der Waals surface area contributed by atoms with Crippen LogP contribution in [0.5, 0.6) is 0 Å². The second kappa shape index (κ2) is 5.93. The molecule has 1 saturated heterocycles. The molecular formula is C12H18N4S. The number of hydrogen-bond donors (Lipinski definition) is 2. The highest BCUT2D eigenvalue weighted by atomic mass is 32.1. The summed E-state index contributed by atoms with van der Waals surface area (Å²) < 4.78 is 0. The van der Waals surface area contributed by atoms with Crippen LogP contribution in [0.3, 0.4) is 0 Å². The number of nitrogens with two attached hydrogens (primary N) is 1. The Morgan fingerprint density at radius 1 is 1.41 bits per heavy atom. The van der Waals surface area contributed by atoms with Gasteiger partial charge in [-0.15, -0.1) is 0 Å².